The van der Waals surface area contributed by atoms with E-state index >= 15 is 0 Å². The van der Waals surface area contributed by atoms with Gasteiger partial charge < -0.3 is 4.74 Å². The van der Waals surface area contributed by atoms with Crippen LogP contribution < -0.4 is 0 Å². The normalized spacial score (nSPS) is 12.5. The Morgan fingerprint density at radius 2 is 2.11 bits per heavy atom. The van der Waals surface area contributed by atoms with Crippen molar-refractivity contribution in [1.82, 2.24) is 0 Å². The van der Waals surface area contributed by atoms with Crippen LogP contribution in [-0.2, 0) is 9.53 Å². The second kappa shape index (κ2) is 7.14. The summed E-state index contributed by atoms with van der Waals surface area (Å²) in [5.41, 5.74) is 0.860. The zero-order valence-electron chi connectivity index (χ0n) is 11.3. The zero-order valence-corrected chi connectivity index (χ0v) is 11.3. The first kappa shape index (κ1) is 14.7. The summed E-state index contributed by atoms with van der Waals surface area (Å²) in [6.45, 7) is 6.43. The standard InChI is InChI=1S/C15H21FO2/c1-4-12(9-15(17)18-10-11(2)3)13-6-5-7-14(16)8-13/h5-8,11-12H,4,9-10H2,1-3H3. The molecule has 0 bridgehead atoms. The van der Waals surface area contributed by atoms with Crippen molar-refractivity contribution in [2.75, 3.05) is 6.61 Å². The third-order valence-corrected chi connectivity index (χ3v) is 2.80. The minimum absolute atomic E-state index is 0.0281. The molecule has 0 radical (unpaired) electrons. The summed E-state index contributed by atoms with van der Waals surface area (Å²) in [6, 6.07) is 6.43. The fourth-order valence-corrected chi connectivity index (χ4v) is 1.78. The van der Waals surface area contributed by atoms with Gasteiger partial charge in [0.25, 0.3) is 0 Å². The van der Waals surface area contributed by atoms with Gasteiger partial charge in [-0.15, -0.1) is 0 Å². The predicted octanol–water partition coefficient (Wildman–Crippen LogP) is 3.91. The predicted molar refractivity (Wildman–Crippen MR) is 69.8 cm³/mol. The van der Waals surface area contributed by atoms with Crippen molar-refractivity contribution in [2.45, 2.75) is 39.5 Å². The molecule has 2 nitrogen and oxygen atoms in total. The molecule has 18 heavy (non-hydrogen) atoms. The smallest absolute Gasteiger partial charge is 0.306 e. The topological polar surface area (TPSA) is 26.3 Å². The van der Waals surface area contributed by atoms with Crippen LogP contribution in [0.25, 0.3) is 0 Å². The van der Waals surface area contributed by atoms with Crippen molar-refractivity contribution >= 4 is 5.97 Å². The van der Waals surface area contributed by atoms with Crippen molar-refractivity contribution in [1.29, 1.82) is 0 Å². The molecule has 0 N–H and O–H groups in total. The number of ether oxygens (including phenoxy) is 1. The van der Waals surface area contributed by atoms with E-state index in [0.29, 0.717) is 18.9 Å². The van der Waals surface area contributed by atoms with Crippen LogP contribution in [0.1, 0.15) is 45.1 Å². The van der Waals surface area contributed by atoms with Crippen LogP contribution in [0.5, 0.6) is 0 Å². The maximum atomic E-state index is 13.1. The van der Waals surface area contributed by atoms with Crippen LogP contribution in [0.4, 0.5) is 4.39 Å². The lowest BCUT2D eigenvalue weighted by Gasteiger charge is -2.15. The number of hydrogen-bond acceptors (Lipinski definition) is 2. The van der Waals surface area contributed by atoms with E-state index < -0.39 is 0 Å². The number of hydrogen-bond donors (Lipinski definition) is 0. The molecular formula is C15H21FO2. The maximum Gasteiger partial charge on any atom is 0.306 e. The van der Waals surface area contributed by atoms with Crippen molar-refractivity contribution < 1.29 is 13.9 Å². The Bertz CT molecular complexity index is 388. The van der Waals surface area contributed by atoms with E-state index in [9.17, 15) is 9.18 Å². The summed E-state index contributed by atoms with van der Waals surface area (Å²) in [6.07, 6.45) is 1.10. The van der Waals surface area contributed by atoms with Crippen LogP contribution in [0.3, 0.4) is 0 Å². The molecule has 1 aromatic carbocycles. The average Bonchev–Trinajstić information content (AvgIpc) is 2.33. The minimum Gasteiger partial charge on any atom is -0.465 e. The maximum absolute atomic E-state index is 13.1. The highest BCUT2D eigenvalue weighted by atomic mass is 19.1. The molecular weight excluding hydrogens is 231 g/mol. The molecule has 0 heterocycles. The molecule has 0 fully saturated rings. The fraction of sp³-hybridized carbons (Fsp3) is 0.533. The Morgan fingerprint density at radius 1 is 1.39 bits per heavy atom. The lowest BCUT2D eigenvalue weighted by Crippen LogP contribution is -2.13. The molecule has 0 saturated carbocycles. The van der Waals surface area contributed by atoms with Gasteiger partial charge in [0, 0.05) is 0 Å². The molecule has 1 rings (SSSR count). The quantitative estimate of drug-likeness (QED) is 0.717. The molecule has 0 aromatic heterocycles. The largest absolute Gasteiger partial charge is 0.465 e. The second-order valence-corrected chi connectivity index (χ2v) is 4.94. The summed E-state index contributed by atoms with van der Waals surface area (Å²) in [5.74, 6) is -0.107. The zero-order chi connectivity index (χ0) is 13.5. The van der Waals surface area contributed by atoms with E-state index in [1.807, 2.05) is 26.8 Å². The van der Waals surface area contributed by atoms with Crippen LogP contribution >= 0.6 is 0 Å². The van der Waals surface area contributed by atoms with Crippen LogP contribution in [0.2, 0.25) is 0 Å². The minimum atomic E-state index is -0.263. The molecule has 0 aliphatic heterocycles. The lowest BCUT2D eigenvalue weighted by molar-refractivity contribution is -0.145. The van der Waals surface area contributed by atoms with Gasteiger partial charge >= 0.3 is 5.97 Å². The van der Waals surface area contributed by atoms with Gasteiger partial charge in [0.2, 0.25) is 0 Å². The van der Waals surface area contributed by atoms with Gasteiger partial charge in [-0.25, -0.2) is 4.39 Å². The highest BCUT2D eigenvalue weighted by molar-refractivity contribution is 5.70. The van der Waals surface area contributed by atoms with Crippen molar-refractivity contribution in [3.05, 3.63) is 35.6 Å². The van der Waals surface area contributed by atoms with Crippen molar-refractivity contribution in [3.8, 4) is 0 Å². The SMILES string of the molecule is CCC(CC(=O)OCC(C)C)c1cccc(F)c1. The highest BCUT2D eigenvalue weighted by Gasteiger charge is 2.16. The summed E-state index contributed by atoms with van der Waals surface area (Å²) < 4.78 is 18.3. The Hall–Kier alpha value is -1.38. The summed E-state index contributed by atoms with van der Waals surface area (Å²) in [5, 5.41) is 0. The van der Waals surface area contributed by atoms with E-state index in [4.69, 9.17) is 4.74 Å². The lowest BCUT2D eigenvalue weighted by atomic mass is 9.93. The van der Waals surface area contributed by atoms with E-state index in [-0.39, 0.29) is 17.7 Å². The first-order chi connectivity index (χ1) is 8.52. The average molecular weight is 252 g/mol. The van der Waals surface area contributed by atoms with Crippen LogP contribution in [-0.4, -0.2) is 12.6 Å². The number of carbonyl (C=O) groups is 1. The monoisotopic (exact) mass is 252 g/mol. The highest BCUT2D eigenvalue weighted by Crippen LogP contribution is 2.24. The number of benzene rings is 1. The molecule has 0 aliphatic rings. The first-order valence-electron chi connectivity index (χ1n) is 6.44. The van der Waals surface area contributed by atoms with Gasteiger partial charge in [-0.05, 0) is 36.0 Å². The van der Waals surface area contributed by atoms with Gasteiger partial charge in [0.05, 0.1) is 13.0 Å². The van der Waals surface area contributed by atoms with E-state index in [0.717, 1.165) is 12.0 Å². The molecule has 1 aromatic rings. The third kappa shape index (κ3) is 4.86. The number of esters is 1. The van der Waals surface area contributed by atoms with Crippen LogP contribution in [0, 0.1) is 11.7 Å². The Balaban J connectivity index is 2.59. The van der Waals surface area contributed by atoms with Gasteiger partial charge in [0.15, 0.2) is 0 Å². The molecule has 0 amide bonds. The molecule has 3 heteroatoms. The van der Waals surface area contributed by atoms with E-state index in [1.165, 1.54) is 12.1 Å². The van der Waals surface area contributed by atoms with Gasteiger partial charge in [-0.3, -0.25) is 4.79 Å². The summed E-state index contributed by atoms with van der Waals surface area (Å²) in [7, 11) is 0. The molecule has 0 saturated heterocycles. The third-order valence-electron chi connectivity index (χ3n) is 2.80. The number of rotatable bonds is 6. The van der Waals surface area contributed by atoms with Gasteiger partial charge in [-0.1, -0.05) is 32.9 Å². The summed E-state index contributed by atoms with van der Waals surface area (Å²) in [4.78, 5) is 11.7. The molecule has 0 aliphatic carbocycles. The molecule has 1 unspecified atom stereocenters. The first-order valence-corrected chi connectivity index (χ1v) is 6.44. The van der Waals surface area contributed by atoms with E-state index in [1.54, 1.807) is 6.07 Å². The molecule has 1 atom stereocenters. The van der Waals surface area contributed by atoms with Gasteiger partial charge in [0.1, 0.15) is 5.82 Å². The Kier molecular flexibility index (Phi) is 5.83. The fourth-order valence-electron chi connectivity index (χ4n) is 1.78. The number of halogens is 1. The van der Waals surface area contributed by atoms with Crippen molar-refractivity contribution in [2.24, 2.45) is 5.92 Å². The van der Waals surface area contributed by atoms with E-state index in [2.05, 4.69) is 0 Å². The van der Waals surface area contributed by atoms with Crippen LogP contribution in [0.15, 0.2) is 24.3 Å². The Labute approximate surface area is 108 Å². The van der Waals surface area contributed by atoms with Crippen molar-refractivity contribution in [3.63, 3.8) is 0 Å². The van der Waals surface area contributed by atoms with Gasteiger partial charge in [-0.2, -0.15) is 0 Å². The molecule has 0 spiro atoms. The second-order valence-electron chi connectivity index (χ2n) is 4.94. The summed E-state index contributed by atoms with van der Waals surface area (Å²) >= 11 is 0. The Morgan fingerprint density at radius 3 is 2.67 bits per heavy atom. The number of carbonyl (C=O) groups excluding carboxylic acids is 1. The molecule has 100 valence electrons.